The summed E-state index contributed by atoms with van der Waals surface area (Å²) in [6.07, 6.45) is 6.39. The summed E-state index contributed by atoms with van der Waals surface area (Å²) < 4.78 is 22.4. The van der Waals surface area contributed by atoms with E-state index in [1.165, 1.54) is 11.9 Å². The first-order valence-corrected chi connectivity index (χ1v) is 18.8. The smallest absolute Gasteiger partial charge is 0.292 e. The number of hydrogen-bond donors (Lipinski definition) is 2. The quantitative estimate of drug-likeness (QED) is 0.156. The van der Waals surface area contributed by atoms with Crippen molar-refractivity contribution in [1.82, 2.24) is 40.3 Å². The molecule has 0 radical (unpaired) electrons. The van der Waals surface area contributed by atoms with E-state index in [2.05, 4.69) is 47.9 Å². The molecule has 2 unspecified atom stereocenters. The number of alkyl halides is 1. The Morgan fingerprint density at radius 2 is 1.81 bits per heavy atom. The summed E-state index contributed by atoms with van der Waals surface area (Å²) in [4.78, 5) is 47.5. The average molecular weight is 735 g/mol. The van der Waals surface area contributed by atoms with Crippen LogP contribution in [-0.2, 0) is 28.0 Å². The van der Waals surface area contributed by atoms with E-state index >= 15 is 4.39 Å². The molecule has 0 spiro atoms. The highest BCUT2D eigenvalue weighted by Gasteiger charge is 2.29. The summed E-state index contributed by atoms with van der Waals surface area (Å²) in [7, 11) is 0. The molecular formula is C41H47FN8O4. The van der Waals surface area contributed by atoms with Gasteiger partial charge in [0, 0.05) is 36.7 Å². The molecule has 2 fully saturated rings. The van der Waals surface area contributed by atoms with Crippen LogP contribution in [0.5, 0.6) is 0 Å². The third-order valence-corrected chi connectivity index (χ3v) is 10.6. The van der Waals surface area contributed by atoms with Crippen molar-refractivity contribution in [2.24, 2.45) is 0 Å². The third kappa shape index (κ3) is 8.41. The maximum atomic E-state index is 15.3. The Morgan fingerprint density at radius 3 is 2.52 bits per heavy atom. The normalized spacial score (nSPS) is 17.8. The number of aromatic nitrogens is 5. The number of carbonyl (C=O) groups is 3. The number of hydrogen-bond acceptors (Lipinski definition) is 9. The maximum absolute atomic E-state index is 15.3. The van der Waals surface area contributed by atoms with E-state index in [9.17, 15) is 14.4 Å². The first-order valence-electron chi connectivity index (χ1n) is 18.8. The second kappa shape index (κ2) is 15.6. The topological polar surface area (TPSA) is 148 Å². The molecule has 2 saturated heterocycles. The molecule has 13 heteroatoms. The molecule has 2 aromatic carbocycles. The molecule has 3 aromatic heterocycles. The maximum Gasteiger partial charge on any atom is 0.292 e. The van der Waals surface area contributed by atoms with Crippen LogP contribution in [0.2, 0.25) is 0 Å². The fraction of sp³-hybridized carbons (Fsp3) is 0.439. The van der Waals surface area contributed by atoms with Gasteiger partial charge in [-0.2, -0.15) is 10.1 Å². The number of nitrogens with zero attached hydrogens (tertiary/aromatic N) is 6. The summed E-state index contributed by atoms with van der Waals surface area (Å²) in [5.41, 5.74) is 7.35. The highest BCUT2D eigenvalue weighted by atomic mass is 19.1. The number of imide groups is 1. The van der Waals surface area contributed by atoms with Gasteiger partial charge in [0.25, 0.3) is 11.7 Å². The summed E-state index contributed by atoms with van der Waals surface area (Å²) in [6.45, 7) is 10.2. The largest absolute Gasteiger partial charge is 0.345 e. The van der Waals surface area contributed by atoms with Gasteiger partial charge in [0.2, 0.25) is 17.7 Å². The van der Waals surface area contributed by atoms with Crippen molar-refractivity contribution < 1.29 is 23.3 Å². The summed E-state index contributed by atoms with van der Waals surface area (Å²) in [5, 5.41) is 13.6. The molecular weight excluding hydrogens is 688 g/mol. The number of fused-ring (bicyclic) bond motifs is 1. The van der Waals surface area contributed by atoms with Gasteiger partial charge in [-0.25, -0.2) is 13.9 Å². The fourth-order valence-corrected chi connectivity index (χ4v) is 7.41. The Bertz CT molecular complexity index is 2150. The molecule has 282 valence electrons. The summed E-state index contributed by atoms with van der Waals surface area (Å²) >= 11 is 0. The number of aryl methyl sites for hydroxylation is 2. The van der Waals surface area contributed by atoms with Crippen LogP contribution in [0.1, 0.15) is 109 Å². The van der Waals surface area contributed by atoms with Gasteiger partial charge < -0.3 is 14.7 Å². The molecule has 3 amide bonds. The lowest BCUT2D eigenvalue weighted by Gasteiger charge is -2.33. The second-order valence-corrected chi connectivity index (χ2v) is 15.7. The van der Waals surface area contributed by atoms with Crippen molar-refractivity contribution in [3.63, 3.8) is 0 Å². The molecule has 0 aliphatic carbocycles. The van der Waals surface area contributed by atoms with Gasteiger partial charge >= 0.3 is 0 Å². The molecule has 0 bridgehead atoms. The van der Waals surface area contributed by atoms with Gasteiger partial charge in [0.1, 0.15) is 12.5 Å². The molecule has 2 atom stereocenters. The van der Waals surface area contributed by atoms with Crippen LogP contribution in [0.3, 0.4) is 0 Å². The van der Waals surface area contributed by atoms with Gasteiger partial charge in [0.05, 0.1) is 17.1 Å². The second-order valence-electron chi connectivity index (χ2n) is 15.7. The number of rotatable bonds is 11. The van der Waals surface area contributed by atoms with Crippen LogP contribution < -0.4 is 10.6 Å². The number of nitrogens with one attached hydrogen (secondary N) is 2. The zero-order valence-electron chi connectivity index (χ0n) is 31.3. The Hall–Kier alpha value is -5.30. The molecule has 2 aliphatic rings. The Labute approximate surface area is 313 Å². The van der Waals surface area contributed by atoms with Crippen molar-refractivity contribution in [2.75, 3.05) is 19.6 Å². The Balaban J connectivity index is 0.896. The van der Waals surface area contributed by atoms with Crippen molar-refractivity contribution in [3.8, 4) is 11.3 Å². The predicted octanol–water partition coefficient (Wildman–Crippen LogP) is 5.99. The fourth-order valence-electron chi connectivity index (χ4n) is 7.41. The van der Waals surface area contributed by atoms with E-state index in [4.69, 9.17) is 4.52 Å². The Kier molecular flexibility index (Phi) is 10.7. The number of piperidine rings is 2. The molecule has 0 saturated carbocycles. The minimum Gasteiger partial charge on any atom is -0.345 e. The number of benzene rings is 2. The zero-order chi connectivity index (χ0) is 38.0. The standard InChI is InChI=1S/C41H47FN8O4/c1-25-19-30(10-11-31(25)21-43-39(53)37-47-40(54-48-37)41(2,3)4)36-34-20-26(22-50(34)45-24-44-36)5-12-32(42)23-49-17-15-28(16-18-49)27-6-8-29(9-7-27)33-13-14-35(51)46-38(33)52/h6-11,19-20,22,24,28,32-33H,5,12-18,21,23H2,1-4H3,(H,43,53)(H,46,51,52). The summed E-state index contributed by atoms with van der Waals surface area (Å²) in [5.74, 6) is -0.266. The van der Waals surface area contributed by atoms with E-state index in [0.29, 0.717) is 50.6 Å². The lowest BCUT2D eigenvalue weighted by atomic mass is 9.86. The van der Waals surface area contributed by atoms with Gasteiger partial charge in [-0.3, -0.25) is 19.7 Å². The predicted molar refractivity (Wildman–Crippen MR) is 201 cm³/mol. The number of amides is 3. The van der Waals surface area contributed by atoms with E-state index in [-0.39, 0.29) is 29.0 Å². The molecule has 5 aromatic rings. The van der Waals surface area contributed by atoms with Gasteiger partial charge in [-0.15, -0.1) is 0 Å². The van der Waals surface area contributed by atoms with Crippen LogP contribution in [0.4, 0.5) is 4.39 Å². The van der Waals surface area contributed by atoms with Crippen LogP contribution in [0, 0.1) is 6.92 Å². The highest BCUT2D eigenvalue weighted by molar-refractivity contribution is 6.00. The first-order chi connectivity index (χ1) is 25.9. The summed E-state index contributed by atoms with van der Waals surface area (Å²) in [6, 6.07) is 16.3. The van der Waals surface area contributed by atoms with E-state index in [1.54, 1.807) is 4.52 Å². The number of halogens is 1. The highest BCUT2D eigenvalue weighted by Crippen LogP contribution is 2.32. The van der Waals surface area contributed by atoms with Crippen molar-refractivity contribution in [3.05, 3.63) is 101 Å². The first kappa shape index (κ1) is 37.0. The van der Waals surface area contributed by atoms with E-state index in [0.717, 1.165) is 65.0 Å². The minimum atomic E-state index is -0.945. The van der Waals surface area contributed by atoms with Gasteiger partial charge in [0.15, 0.2) is 0 Å². The lowest BCUT2D eigenvalue weighted by molar-refractivity contribution is -0.134. The number of carbonyl (C=O) groups excluding carboxylic acids is 3. The van der Waals surface area contributed by atoms with Crippen LogP contribution in [0.15, 0.2) is 65.6 Å². The lowest BCUT2D eigenvalue weighted by Crippen LogP contribution is -2.39. The molecule has 5 heterocycles. The van der Waals surface area contributed by atoms with Crippen molar-refractivity contribution >= 4 is 23.2 Å². The minimum absolute atomic E-state index is 0.00916. The average Bonchev–Trinajstić information content (AvgIpc) is 3.83. The molecule has 54 heavy (non-hydrogen) atoms. The molecule has 7 rings (SSSR count). The van der Waals surface area contributed by atoms with E-state index in [1.807, 2.05) is 70.3 Å². The van der Waals surface area contributed by atoms with Gasteiger partial charge in [-0.05, 0) is 98.0 Å². The molecule has 12 nitrogen and oxygen atoms in total. The third-order valence-electron chi connectivity index (χ3n) is 10.6. The van der Waals surface area contributed by atoms with Crippen LogP contribution in [0.25, 0.3) is 16.8 Å². The van der Waals surface area contributed by atoms with E-state index < -0.39 is 12.1 Å². The van der Waals surface area contributed by atoms with Crippen molar-refractivity contribution in [2.45, 2.75) is 96.2 Å². The molecule has 2 aliphatic heterocycles. The zero-order valence-corrected chi connectivity index (χ0v) is 31.3. The van der Waals surface area contributed by atoms with Crippen LogP contribution in [-0.4, -0.2) is 73.2 Å². The molecule has 2 N–H and O–H groups in total. The number of likely N-dealkylation sites (tertiary alicyclic amines) is 1. The Morgan fingerprint density at radius 1 is 1.06 bits per heavy atom. The SMILES string of the molecule is Cc1cc(-c2ncnn3cc(CCC(F)CN4CCC(c5ccc(C6CCC(=O)NC6=O)cc5)CC4)cc23)ccc1CNC(=O)c1noc(C(C)(C)C)n1. The van der Waals surface area contributed by atoms with Gasteiger partial charge in [-0.1, -0.05) is 62.3 Å². The van der Waals surface area contributed by atoms with Crippen LogP contribution >= 0.6 is 0 Å². The monoisotopic (exact) mass is 734 g/mol. The van der Waals surface area contributed by atoms with Crippen molar-refractivity contribution in [1.29, 1.82) is 0 Å².